The lowest BCUT2D eigenvalue weighted by molar-refractivity contribution is -0.147. The number of nitriles is 1. The number of amides is 1. The summed E-state index contributed by atoms with van der Waals surface area (Å²) in [6.45, 7) is 0.137. The van der Waals surface area contributed by atoms with Gasteiger partial charge in [-0.05, 0) is 23.8 Å². The topological polar surface area (TPSA) is 88.9 Å². The summed E-state index contributed by atoms with van der Waals surface area (Å²) < 4.78 is 15.3. The molecular weight excluding hydrogens is 300 g/mol. The number of likely N-dealkylation sites (N-methyl/N-ethyl adjacent to an activating group) is 1. The molecule has 0 atom stereocenters. The van der Waals surface area contributed by atoms with Gasteiger partial charge in [0.05, 0.1) is 12.5 Å². The van der Waals surface area contributed by atoms with Crippen molar-refractivity contribution in [1.82, 2.24) is 4.90 Å². The van der Waals surface area contributed by atoms with Gasteiger partial charge in [0.15, 0.2) is 18.1 Å². The van der Waals surface area contributed by atoms with Crippen LogP contribution in [0, 0.1) is 11.3 Å². The summed E-state index contributed by atoms with van der Waals surface area (Å²) in [5.41, 5.74) is 0.753. The zero-order chi connectivity index (χ0) is 16.7. The smallest absolute Gasteiger partial charge is 0.331 e. The fourth-order valence-corrected chi connectivity index (χ4v) is 1.81. The maximum Gasteiger partial charge on any atom is 0.331 e. The molecule has 2 rings (SSSR count). The molecule has 1 aromatic rings. The van der Waals surface area contributed by atoms with Gasteiger partial charge in [0.1, 0.15) is 0 Å². The standard InChI is InChI=1S/C16H16N2O5/c1-18(8-2-7-17)15(19)10-21-16(20)6-4-12-3-5-13-14(9-12)23-11-22-13/h3-6,9H,2,8,10-11H2,1H3. The van der Waals surface area contributed by atoms with Crippen molar-refractivity contribution in [3.05, 3.63) is 29.8 Å². The fraction of sp³-hybridized carbons (Fsp3) is 0.312. The molecule has 7 heteroatoms. The molecule has 1 aromatic carbocycles. The minimum atomic E-state index is -0.621. The Morgan fingerprint density at radius 1 is 1.39 bits per heavy atom. The van der Waals surface area contributed by atoms with Gasteiger partial charge in [0, 0.05) is 19.7 Å². The minimum Gasteiger partial charge on any atom is -0.454 e. The molecule has 0 aromatic heterocycles. The van der Waals surface area contributed by atoms with Crippen molar-refractivity contribution in [3.8, 4) is 17.6 Å². The number of rotatable bonds is 6. The van der Waals surface area contributed by atoms with Gasteiger partial charge in [-0.3, -0.25) is 4.79 Å². The van der Waals surface area contributed by atoms with Crippen molar-refractivity contribution < 1.29 is 23.8 Å². The molecule has 23 heavy (non-hydrogen) atoms. The Morgan fingerprint density at radius 2 is 2.17 bits per heavy atom. The van der Waals surface area contributed by atoms with Crippen LogP contribution in [0.5, 0.6) is 11.5 Å². The van der Waals surface area contributed by atoms with Gasteiger partial charge in [0.25, 0.3) is 5.91 Å². The highest BCUT2D eigenvalue weighted by molar-refractivity contribution is 5.89. The van der Waals surface area contributed by atoms with Crippen LogP contribution in [-0.4, -0.2) is 43.8 Å². The summed E-state index contributed by atoms with van der Waals surface area (Å²) >= 11 is 0. The quantitative estimate of drug-likeness (QED) is 0.581. The monoisotopic (exact) mass is 316 g/mol. The SMILES string of the molecule is CN(CCC#N)C(=O)COC(=O)C=Cc1ccc2c(c1)OCO2. The lowest BCUT2D eigenvalue weighted by Gasteiger charge is -2.14. The maximum atomic E-state index is 11.6. The van der Waals surface area contributed by atoms with Gasteiger partial charge in [-0.25, -0.2) is 4.79 Å². The average molecular weight is 316 g/mol. The van der Waals surface area contributed by atoms with Crippen molar-refractivity contribution in [2.45, 2.75) is 6.42 Å². The Kier molecular flexibility index (Phi) is 5.58. The first kappa shape index (κ1) is 16.4. The molecule has 0 saturated heterocycles. The number of fused-ring (bicyclic) bond motifs is 1. The van der Waals surface area contributed by atoms with E-state index in [0.717, 1.165) is 5.56 Å². The van der Waals surface area contributed by atoms with Gasteiger partial charge >= 0.3 is 5.97 Å². The number of hydrogen-bond donors (Lipinski definition) is 0. The largest absolute Gasteiger partial charge is 0.454 e. The third-order valence-electron chi connectivity index (χ3n) is 3.13. The van der Waals surface area contributed by atoms with E-state index in [0.29, 0.717) is 18.0 Å². The van der Waals surface area contributed by atoms with Crippen LogP contribution in [0.2, 0.25) is 0 Å². The molecule has 0 fully saturated rings. The number of ether oxygens (including phenoxy) is 3. The summed E-state index contributed by atoms with van der Waals surface area (Å²) in [4.78, 5) is 24.6. The van der Waals surface area contributed by atoms with Crippen LogP contribution in [-0.2, 0) is 14.3 Å². The summed E-state index contributed by atoms with van der Waals surface area (Å²) in [5.74, 6) is 0.306. The number of esters is 1. The van der Waals surface area contributed by atoms with E-state index in [4.69, 9.17) is 19.5 Å². The molecule has 0 N–H and O–H groups in total. The third kappa shape index (κ3) is 4.74. The second kappa shape index (κ2) is 7.84. The van der Waals surface area contributed by atoms with Crippen LogP contribution in [0.4, 0.5) is 0 Å². The van der Waals surface area contributed by atoms with E-state index >= 15 is 0 Å². The molecule has 120 valence electrons. The Labute approximate surface area is 133 Å². The molecule has 0 spiro atoms. The van der Waals surface area contributed by atoms with Gasteiger partial charge in [-0.15, -0.1) is 0 Å². The second-order valence-electron chi connectivity index (χ2n) is 4.78. The fourth-order valence-electron chi connectivity index (χ4n) is 1.81. The molecule has 0 unspecified atom stereocenters. The first-order valence-corrected chi connectivity index (χ1v) is 6.95. The number of carbonyl (C=O) groups is 2. The Morgan fingerprint density at radius 3 is 2.96 bits per heavy atom. The predicted molar refractivity (Wildman–Crippen MR) is 80.4 cm³/mol. The highest BCUT2D eigenvalue weighted by Gasteiger charge is 2.13. The van der Waals surface area contributed by atoms with Crippen LogP contribution in [0.3, 0.4) is 0 Å². The van der Waals surface area contributed by atoms with Crippen LogP contribution in [0.25, 0.3) is 6.08 Å². The van der Waals surface area contributed by atoms with Gasteiger partial charge in [0.2, 0.25) is 6.79 Å². The van der Waals surface area contributed by atoms with Crippen molar-refractivity contribution in [2.24, 2.45) is 0 Å². The summed E-state index contributed by atoms with van der Waals surface area (Å²) in [6.07, 6.45) is 3.04. The van der Waals surface area contributed by atoms with E-state index in [-0.39, 0.29) is 25.7 Å². The zero-order valence-corrected chi connectivity index (χ0v) is 12.7. The van der Waals surface area contributed by atoms with E-state index in [1.165, 1.54) is 11.0 Å². The molecule has 1 aliphatic rings. The second-order valence-corrected chi connectivity index (χ2v) is 4.78. The van der Waals surface area contributed by atoms with E-state index < -0.39 is 5.97 Å². The normalized spacial score (nSPS) is 12.0. The molecule has 1 aliphatic heterocycles. The third-order valence-corrected chi connectivity index (χ3v) is 3.13. The van der Waals surface area contributed by atoms with Crippen molar-refractivity contribution in [3.63, 3.8) is 0 Å². The zero-order valence-electron chi connectivity index (χ0n) is 12.7. The maximum absolute atomic E-state index is 11.6. The van der Waals surface area contributed by atoms with Crippen molar-refractivity contribution in [2.75, 3.05) is 27.0 Å². The first-order chi connectivity index (χ1) is 11.1. The Bertz CT molecular complexity index is 663. The molecule has 7 nitrogen and oxygen atoms in total. The molecular formula is C16H16N2O5. The molecule has 0 aliphatic carbocycles. The highest BCUT2D eigenvalue weighted by Crippen LogP contribution is 2.32. The summed E-state index contributed by atoms with van der Waals surface area (Å²) in [5, 5.41) is 8.45. The average Bonchev–Trinajstić information content (AvgIpc) is 3.03. The highest BCUT2D eigenvalue weighted by atomic mass is 16.7. The Hall–Kier alpha value is -3.01. The molecule has 0 radical (unpaired) electrons. The predicted octanol–water partition coefficient (Wildman–Crippen LogP) is 1.34. The minimum absolute atomic E-state index is 0.186. The van der Waals surface area contributed by atoms with Crippen LogP contribution < -0.4 is 9.47 Å². The molecule has 1 amide bonds. The van der Waals surface area contributed by atoms with E-state index in [1.807, 2.05) is 6.07 Å². The summed E-state index contributed by atoms with van der Waals surface area (Å²) in [6, 6.07) is 7.21. The molecule has 1 heterocycles. The first-order valence-electron chi connectivity index (χ1n) is 6.95. The molecule has 0 saturated carbocycles. The van der Waals surface area contributed by atoms with Gasteiger partial charge in [-0.1, -0.05) is 6.07 Å². The van der Waals surface area contributed by atoms with Gasteiger partial charge < -0.3 is 19.1 Å². The van der Waals surface area contributed by atoms with Crippen LogP contribution >= 0.6 is 0 Å². The van der Waals surface area contributed by atoms with E-state index in [1.54, 1.807) is 31.3 Å². The van der Waals surface area contributed by atoms with Gasteiger partial charge in [-0.2, -0.15) is 5.26 Å². The van der Waals surface area contributed by atoms with Crippen molar-refractivity contribution in [1.29, 1.82) is 5.26 Å². The lowest BCUT2D eigenvalue weighted by Crippen LogP contribution is -2.31. The molecule has 0 bridgehead atoms. The lowest BCUT2D eigenvalue weighted by atomic mass is 10.2. The van der Waals surface area contributed by atoms with Crippen LogP contribution in [0.1, 0.15) is 12.0 Å². The van der Waals surface area contributed by atoms with E-state index in [2.05, 4.69) is 0 Å². The van der Waals surface area contributed by atoms with Crippen molar-refractivity contribution >= 4 is 18.0 Å². The Balaban J connectivity index is 1.80. The number of carbonyl (C=O) groups excluding carboxylic acids is 2. The number of nitrogens with zero attached hydrogens (tertiary/aromatic N) is 2. The summed E-state index contributed by atoms with van der Waals surface area (Å²) in [7, 11) is 1.55. The number of benzene rings is 1. The number of hydrogen-bond acceptors (Lipinski definition) is 6. The van der Waals surface area contributed by atoms with Crippen LogP contribution in [0.15, 0.2) is 24.3 Å². The van der Waals surface area contributed by atoms with E-state index in [9.17, 15) is 9.59 Å².